The molecule has 4 heteroatoms. The van der Waals surface area contributed by atoms with Crippen LogP contribution in [0.4, 0.5) is 0 Å². The number of benzene rings is 1. The summed E-state index contributed by atoms with van der Waals surface area (Å²) in [6.45, 7) is 2.91. The Morgan fingerprint density at radius 3 is 2.63 bits per heavy atom. The maximum atomic E-state index is 13.0. The highest BCUT2D eigenvalue weighted by molar-refractivity contribution is 5.94. The Hall–Kier alpha value is -2.10. The monoisotopic (exact) mass is 365 g/mol. The number of hydrogen-bond donors (Lipinski definition) is 1. The van der Waals surface area contributed by atoms with Gasteiger partial charge in [0.1, 0.15) is 0 Å². The van der Waals surface area contributed by atoms with Crippen LogP contribution in [-0.2, 0) is 19.4 Å². The van der Waals surface area contributed by atoms with Crippen molar-refractivity contribution in [2.45, 2.75) is 77.3 Å². The minimum atomic E-state index is 0.0260. The van der Waals surface area contributed by atoms with E-state index in [1.165, 1.54) is 55.3 Å². The van der Waals surface area contributed by atoms with Gasteiger partial charge in [-0.05, 0) is 56.9 Å². The van der Waals surface area contributed by atoms with Crippen molar-refractivity contribution in [3.63, 3.8) is 0 Å². The standard InChI is InChI=1S/C23H31N3O/c1-17(19-12-6-3-7-13-19)24-23(27)22-20-14-8-9-15-21(20)26(25-22)16-18-10-4-2-5-11-18/h2,4-5,10-11,17,19H,3,6-9,12-16H2,1H3,(H,24,27)/t17-/m0/s1. The van der Waals surface area contributed by atoms with Gasteiger partial charge >= 0.3 is 0 Å². The molecular weight excluding hydrogens is 334 g/mol. The first kappa shape index (κ1) is 18.3. The van der Waals surface area contributed by atoms with Crippen LogP contribution in [0, 0.1) is 5.92 Å². The fourth-order valence-electron chi connectivity index (χ4n) is 4.77. The molecule has 1 amide bonds. The summed E-state index contributed by atoms with van der Waals surface area (Å²) in [4.78, 5) is 13.0. The molecule has 2 aromatic rings. The molecule has 0 spiro atoms. The molecule has 4 nitrogen and oxygen atoms in total. The van der Waals surface area contributed by atoms with Crippen LogP contribution in [0.1, 0.15) is 79.2 Å². The summed E-state index contributed by atoms with van der Waals surface area (Å²) in [5, 5.41) is 8.07. The van der Waals surface area contributed by atoms with Gasteiger partial charge in [0.15, 0.2) is 5.69 Å². The van der Waals surface area contributed by atoms with E-state index in [0.717, 1.165) is 25.8 Å². The molecule has 0 bridgehead atoms. The molecule has 2 aliphatic carbocycles. The third-order valence-corrected chi connectivity index (χ3v) is 6.36. The van der Waals surface area contributed by atoms with Gasteiger partial charge in [-0.15, -0.1) is 0 Å². The Bertz CT molecular complexity index is 774. The van der Waals surface area contributed by atoms with Crippen molar-refractivity contribution < 1.29 is 4.79 Å². The largest absolute Gasteiger partial charge is 0.348 e. The molecule has 1 atom stereocenters. The number of hydrogen-bond acceptors (Lipinski definition) is 2. The highest BCUT2D eigenvalue weighted by atomic mass is 16.2. The first-order valence-electron chi connectivity index (χ1n) is 10.7. The zero-order chi connectivity index (χ0) is 18.6. The molecule has 1 fully saturated rings. The highest BCUT2D eigenvalue weighted by Crippen LogP contribution is 2.28. The molecule has 27 heavy (non-hydrogen) atoms. The topological polar surface area (TPSA) is 46.9 Å². The van der Waals surface area contributed by atoms with Gasteiger partial charge in [-0.1, -0.05) is 49.6 Å². The van der Waals surface area contributed by atoms with Gasteiger partial charge in [-0.25, -0.2) is 0 Å². The van der Waals surface area contributed by atoms with Crippen molar-refractivity contribution in [2.24, 2.45) is 5.92 Å². The second-order valence-corrected chi connectivity index (χ2v) is 8.28. The Morgan fingerprint density at radius 2 is 1.85 bits per heavy atom. The SMILES string of the molecule is C[C@H](NC(=O)c1nn(Cc2ccccc2)c2c1CCCC2)C1CCCCC1. The van der Waals surface area contributed by atoms with E-state index in [9.17, 15) is 4.79 Å². The number of aromatic nitrogens is 2. The minimum absolute atomic E-state index is 0.0260. The lowest BCUT2D eigenvalue weighted by Crippen LogP contribution is -2.39. The van der Waals surface area contributed by atoms with Gasteiger partial charge in [0, 0.05) is 17.3 Å². The Morgan fingerprint density at radius 1 is 1.11 bits per heavy atom. The van der Waals surface area contributed by atoms with Gasteiger partial charge in [-0.3, -0.25) is 9.48 Å². The molecule has 144 valence electrons. The Labute approximate surface area is 162 Å². The van der Waals surface area contributed by atoms with Crippen molar-refractivity contribution in [1.29, 1.82) is 0 Å². The minimum Gasteiger partial charge on any atom is -0.348 e. The molecular formula is C23H31N3O. The lowest BCUT2D eigenvalue weighted by atomic mass is 9.84. The van der Waals surface area contributed by atoms with E-state index < -0.39 is 0 Å². The molecule has 1 saturated carbocycles. The fourth-order valence-corrected chi connectivity index (χ4v) is 4.77. The summed E-state index contributed by atoms with van der Waals surface area (Å²) in [5.74, 6) is 0.642. The van der Waals surface area contributed by atoms with Crippen molar-refractivity contribution >= 4 is 5.91 Å². The second kappa shape index (κ2) is 8.28. The van der Waals surface area contributed by atoms with E-state index in [4.69, 9.17) is 5.10 Å². The molecule has 1 N–H and O–H groups in total. The van der Waals surface area contributed by atoms with Crippen LogP contribution in [0.3, 0.4) is 0 Å². The van der Waals surface area contributed by atoms with Crippen molar-refractivity contribution in [1.82, 2.24) is 15.1 Å². The Balaban J connectivity index is 1.54. The van der Waals surface area contributed by atoms with E-state index >= 15 is 0 Å². The molecule has 2 aliphatic rings. The summed E-state index contributed by atoms with van der Waals surface area (Å²) < 4.78 is 2.07. The van der Waals surface area contributed by atoms with Crippen LogP contribution in [-0.4, -0.2) is 21.7 Å². The van der Waals surface area contributed by atoms with E-state index in [2.05, 4.69) is 41.2 Å². The van der Waals surface area contributed by atoms with Gasteiger partial charge in [0.05, 0.1) is 6.54 Å². The average molecular weight is 366 g/mol. The first-order chi connectivity index (χ1) is 13.2. The van der Waals surface area contributed by atoms with E-state index in [-0.39, 0.29) is 11.9 Å². The summed E-state index contributed by atoms with van der Waals surface area (Å²) >= 11 is 0. The molecule has 0 unspecified atom stereocenters. The smallest absolute Gasteiger partial charge is 0.272 e. The summed E-state index contributed by atoms with van der Waals surface area (Å²) in [7, 11) is 0. The van der Waals surface area contributed by atoms with Crippen molar-refractivity contribution in [3.8, 4) is 0 Å². The van der Waals surface area contributed by atoms with Crippen LogP contribution in [0.2, 0.25) is 0 Å². The summed E-state index contributed by atoms with van der Waals surface area (Å²) in [6, 6.07) is 10.6. The maximum absolute atomic E-state index is 13.0. The second-order valence-electron chi connectivity index (χ2n) is 8.28. The van der Waals surface area contributed by atoms with E-state index in [1.54, 1.807) is 0 Å². The molecule has 0 aliphatic heterocycles. The predicted octanol–water partition coefficient (Wildman–Crippen LogP) is 4.51. The number of carbonyl (C=O) groups is 1. The number of amides is 1. The number of fused-ring (bicyclic) bond motifs is 1. The van der Waals surface area contributed by atoms with Gasteiger partial charge in [0.25, 0.3) is 5.91 Å². The molecule has 1 aromatic carbocycles. The van der Waals surface area contributed by atoms with Gasteiger partial charge < -0.3 is 5.32 Å². The summed E-state index contributed by atoms with van der Waals surface area (Å²) in [6.07, 6.45) is 10.8. The number of rotatable bonds is 5. The van der Waals surface area contributed by atoms with Crippen LogP contribution >= 0.6 is 0 Å². The number of nitrogens with one attached hydrogen (secondary N) is 1. The van der Waals surface area contributed by atoms with Crippen LogP contribution in [0.15, 0.2) is 30.3 Å². The third-order valence-electron chi connectivity index (χ3n) is 6.36. The third kappa shape index (κ3) is 4.10. The molecule has 4 rings (SSSR count). The normalized spacial score (nSPS) is 18.7. The lowest BCUT2D eigenvalue weighted by Gasteiger charge is -2.28. The van der Waals surface area contributed by atoms with Crippen LogP contribution < -0.4 is 5.32 Å². The van der Waals surface area contributed by atoms with Gasteiger partial charge in [-0.2, -0.15) is 5.10 Å². The van der Waals surface area contributed by atoms with Crippen LogP contribution in [0.25, 0.3) is 0 Å². The van der Waals surface area contributed by atoms with Crippen molar-refractivity contribution in [2.75, 3.05) is 0 Å². The number of nitrogens with zero attached hydrogens (tertiary/aromatic N) is 2. The zero-order valence-electron chi connectivity index (χ0n) is 16.4. The molecule has 1 heterocycles. The fraction of sp³-hybridized carbons (Fsp3) is 0.565. The van der Waals surface area contributed by atoms with E-state index in [1.807, 2.05) is 6.07 Å². The molecule has 1 aromatic heterocycles. The van der Waals surface area contributed by atoms with Gasteiger partial charge in [0.2, 0.25) is 0 Å². The van der Waals surface area contributed by atoms with Crippen LogP contribution in [0.5, 0.6) is 0 Å². The molecule has 0 saturated heterocycles. The lowest BCUT2D eigenvalue weighted by molar-refractivity contribution is 0.0912. The van der Waals surface area contributed by atoms with E-state index in [0.29, 0.717) is 11.6 Å². The highest BCUT2D eigenvalue weighted by Gasteiger charge is 2.27. The summed E-state index contributed by atoms with van der Waals surface area (Å²) in [5.41, 5.74) is 4.35. The zero-order valence-corrected chi connectivity index (χ0v) is 16.4. The average Bonchev–Trinajstić information content (AvgIpc) is 3.08. The van der Waals surface area contributed by atoms with Crippen molar-refractivity contribution in [3.05, 3.63) is 52.8 Å². The number of carbonyl (C=O) groups excluding carboxylic acids is 1. The first-order valence-corrected chi connectivity index (χ1v) is 10.7. The predicted molar refractivity (Wildman–Crippen MR) is 108 cm³/mol. The quantitative estimate of drug-likeness (QED) is 0.847. The maximum Gasteiger partial charge on any atom is 0.272 e. The Kier molecular flexibility index (Phi) is 5.61. The molecule has 0 radical (unpaired) electrons.